The second-order valence-corrected chi connectivity index (χ2v) is 30.3. The predicted octanol–water partition coefficient (Wildman–Crippen LogP) is 24.4. The molecule has 0 amide bonds. The zero-order valence-corrected chi connectivity index (χ0v) is 68.4. The molecule has 0 fully saturated rings. The van der Waals surface area contributed by atoms with E-state index in [1.807, 2.05) is 36.5 Å². The van der Waals surface area contributed by atoms with Gasteiger partial charge in [0.25, 0.3) is 0 Å². The number of carbonyl (C=O) groups is 4. The minimum absolute atomic E-state index is 0.0196. The van der Waals surface area contributed by atoms with E-state index in [1.54, 1.807) is 0 Å². The molecule has 0 saturated heterocycles. The van der Waals surface area contributed by atoms with E-state index in [0.29, 0.717) is 38.5 Å². The van der Waals surface area contributed by atoms with Crippen molar-refractivity contribution in [3.8, 4) is 0 Å². The van der Waals surface area contributed by atoms with Crippen molar-refractivity contribution in [3.63, 3.8) is 0 Å². The van der Waals surface area contributed by atoms with Gasteiger partial charge in [-0.05, 0) is 128 Å². The summed E-state index contributed by atoms with van der Waals surface area (Å²) in [5.74, 6) is -2.36. The summed E-state index contributed by atoms with van der Waals surface area (Å²) in [7, 11) is -10.0. The van der Waals surface area contributed by atoms with E-state index in [1.165, 1.54) is 122 Å². The molecule has 0 aromatic rings. The molecule has 0 radical (unpaired) electrons. The summed E-state index contributed by atoms with van der Waals surface area (Å²) in [4.78, 5) is 73.0. The van der Waals surface area contributed by atoms with E-state index in [4.69, 9.17) is 37.0 Å². The molecule has 0 bridgehead atoms. The number of ether oxygens (including phenoxy) is 4. The van der Waals surface area contributed by atoms with Gasteiger partial charge in [-0.15, -0.1) is 0 Å². The average Bonchev–Trinajstić information content (AvgIpc) is 0.903. The van der Waals surface area contributed by atoms with Crippen LogP contribution >= 0.6 is 15.6 Å². The number of unbranched alkanes of at least 4 members (excludes halogenated alkanes) is 29. The third-order valence-corrected chi connectivity index (χ3v) is 19.0. The maximum absolute atomic E-state index is 13.1. The number of allylic oxidation sites excluding steroid dienone is 22. The Morgan fingerprint density at radius 3 is 0.821 bits per heavy atom. The second-order valence-electron chi connectivity index (χ2n) is 27.4. The monoisotopic (exact) mass is 1530 g/mol. The maximum atomic E-state index is 13.1. The molecule has 106 heavy (non-hydrogen) atoms. The van der Waals surface area contributed by atoms with Gasteiger partial charge >= 0.3 is 39.5 Å². The van der Waals surface area contributed by atoms with E-state index in [9.17, 15) is 43.2 Å². The molecular weight excluding hydrogens is 1380 g/mol. The first-order valence-electron chi connectivity index (χ1n) is 41.4. The van der Waals surface area contributed by atoms with Crippen LogP contribution in [0.3, 0.4) is 0 Å². The highest BCUT2D eigenvalue weighted by Gasteiger charge is 2.30. The van der Waals surface area contributed by atoms with Crippen molar-refractivity contribution in [2.45, 2.75) is 354 Å². The van der Waals surface area contributed by atoms with Crippen LogP contribution in [0, 0.1) is 0 Å². The van der Waals surface area contributed by atoms with Crippen molar-refractivity contribution in [1.82, 2.24) is 0 Å². The van der Waals surface area contributed by atoms with Crippen LogP contribution in [0.5, 0.6) is 0 Å². The Hall–Kier alpha value is -4.80. The number of hydrogen-bond acceptors (Lipinski definition) is 15. The summed E-state index contributed by atoms with van der Waals surface area (Å²) in [6, 6.07) is 0. The second kappa shape index (κ2) is 78.3. The van der Waals surface area contributed by atoms with Crippen LogP contribution < -0.4 is 0 Å². The van der Waals surface area contributed by atoms with Crippen molar-refractivity contribution in [2.75, 3.05) is 39.6 Å². The molecule has 608 valence electrons. The summed E-state index contributed by atoms with van der Waals surface area (Å²) in [6.07, 6.45) is 88.8. The van der Waals surface area contributed by atoms with Gasteiger partial charge < -0.3 is 33.8 Å². The van der Waals surface area contributed by atoms with Gasteiger partial charge in [0.05, 0.1) is 26.4 Å². The number of rotatable bonds is 77. The lowest BCUT2D eigenvalue weighted by atomic mass is 10.0. The lowest BCUT2D eigenvalue weighted by molar-refractivity contribution is -0.161. The summed E-state index contributed by atoms with van der Waals surface area (Å²) in [5, 5.41) is 10.6. The molecule has 0 heterocycles. The summed E-state index contributed by atoms with van der Waals surface area (Å²) in [5.41, 5.74) is 0. The van der Waals surface area contributed by atoms with Crippen LogP contribution in [-0.2, 0) is 65.4 Å². The summed E-state index contributed by atoms with van der Waals surface area (Å²) >= 11 is 0. The molecule has 17 nitrogen and oxygen atoms in total. The van der Waals surface area contributed by atoms with E-state index < -0.39 is 97.5 Å². The molecular formula is C87H148O17P2. The molecule has 5 atom stereocenters. The third-order valence-electron chi connectivity index (χ3n) is 17.1. The van der Waals surface area contributed by atoms with Crippen LogP contribution in [0.25, 0.3) is 0 Å². The standard InChI is InChI=1S/C87H148O17P2/c1-5-9-13-17-21-25-29-33-36-38-40-42-45-48-52-56-60-64-68-72-85(90)98-78-83(104-87(92)74-70-66-62-58-54-50-46-43-41-39-37-34-30-26-22-18-14-10-6-2)80-102-106(95,96)100-76-81(88)75-99-105(93,94)101-79-82(77-97-84(89)71-67-63-59-55-51-47-32-28-24-20-16-12-8-4)103-86(91)73-69-65-61-57-53-49-44-35-31-27-23-19-15-11-7-3/h21-22,25-27,31,33-34,36-37,40-43,48,50,52,54,60,62,64,66,81-83,88H,5-20,23-24,28-30,32,35,38-39,44-47,49,51,53,55-59,61,63,65,67-80H2,1-4H3,(H,93,94)(H,95,96)/b25-21-,26-22-,31-27-,36-33-,37-34-,42-40-,43-41-,52-48-,54-50-,64-60-,66-62-/t81-,82+,83+/m0/s1. The first kappa shape index (κ1) is 101. The van der Waals surface area contributed by atoms with Gasteiger partial charge in [-0.25, -0.2) is 9.13 Å². The molecule has 0 aliphatic carbocycles. The van der Waals surface area contributed by atoms with Gasteiger partial charge in [0.15, 0.2) is 12.2 Å². The number of esters is 4. The third kappa shape index (κ3) is 77.4. The summed E-state index contributed by atoms with van der Waals surface area (Å²) < 4.78 is 68.5. The fourth-order valence-corrected chi connectivity index (χ4v) is 12.3. The molecule has 0 saturated carbocycles. The Balaban J connectivity index is 5.50. The molecule has 0 spiro atoms. The zero-order valence-electron chi connectivity index (χ0n) is 66.6. The molecule has 0 aromatic carbocycles. The molecule has 0 aliphatic heterocycles. The maximum Gasteiger partial charge on any atom is 0.472 e. The van der Waals surface area contributed by atoms with Crippen LogP contribution in [-0.4, -0.2) is 96.7 Å². The first-order chi connectivity index (χ1) is 51.7. The lowest BCUT2D eigenvalue weighted by Gasteiger charge is -2.21. The molecule has 2 unspecified atom stereocenters. The van der Waals surface area contributed by atoms with Crippen LogP contribution in [0.1, 0.15) is 336 Å². The van der Waals surface area contributed by atoms with Gasteiger partial charge in [-0.1, -0.05) is 315 Å². The van der Waals surface area contributed by atoms with Crippen molar-refractivity contribution < 1.29 is 80.2 Å². The van der Waals surface area contributed by atoms with Crippen LogP contribution in [0.2, 0.25) is 0 Å². The molecule has 3 N–H and O–H groups in total. The van der Waals surface area contributed by atoms with Crippen LogP contribution in [0.15, 0.2) is 134 Å². The van der Waals surface area contributed by atoms with Gasteiger partial charge in [-0.2, -0.15) is 0 Å². The number of phosphoric acid groups is 2. The minimum atomic E-state index is -5.02. The average molecular weight is 1530 g/mol. The van der Waals surface area contributed by atoms with E-state index >= 15 is 0 Å². The normalized spacial score (nSPS) is 14.5. The quantitative estimate of drug-likeness (QED) is 0.0169. The van der Waals surface area contributed by atoms with Gasteiger partial charge in [0.2, 0.25) is 0 Å². The first-order valence-corrected chi connectivity index (χ1v) is 44.4. The Kier molecular flexibility index (Phi) is 74.8. The highest BCUT2D eigenvalue weighted by molar-refractivity contribution is 7.47. The molecule has 0 aromatic heterocycles. The Bertz CT molecular complexity index is 2530. The van der Waals surface area contributed by atoms with Crippen molar-refractivity contribution in [3.05, 3.63) is 134 Å². The number of aliphatic hydroxyl groups excluding tert-OH is 1. The highest BCUT2D eigenvalue weighted by Crippen LogP contribution is 2.45. The SMILES string of the molecule is CCCCC/C=C\C/C=C\C/C=C\C/C=C\C/C=C\CCC(=O)OC[C@H](COP(=O)(O)OC[C@@H](O)COP(=O)(O)OC[C@@H](COC(=O)CCCCCCCCCCCCCCC)OC(=O)CCCCCCCCC/C=C\CCCCCC)OC(=O)CC/C=C\C/C=C\C/C=C\C/C=C\C/C=C\CCCCC. The Morgan fingerprint density at radius 2 is 0.481 bits per heavy atom. The van der Waals surface area contributed by atoms with E-state index in [-0.39, 0.29) is 25.7 Å². The van der Waals surface area contributed by atoms with Gasteiger partial charge in [-0.3, -0.25) is 37.3 Å². The number of phosphoric ester groups is 2. The smallest absolute Gasteiger partial charge is 0.462 e. The lowest BCUT2D eigenvalue weighted by Crippen LogP contribution is -2.30. The Labute approximate surface area is 644 Å². The predicted molar refractivity (Wildman–Crippen MR) is 436 cm³/mol. The summed E-state index contributed by atoms with van der Waals surface area (Å²) in [6.45, 7) is 4.66. The molecule has 19 heteroatoms. The number of carbonyl (C=O) groups excluding carboxylic acids is 4. The van der Waals surface area contributed by atoms with Gasteiger partial charge in [0, 0.05) is 25.7 Å². The van der Waals surface area contributed by atoms with Crippen molar-refractivity contribution >= 4 is 39.5 Å². The Morgan fingerprint density at radius 1 is 0.264 bits per heavy atom. The van der Waals surface area contributed by atoms with Crippen molar-refractivity contribution in [2.24, 2.45) is 0 Å². The topological polar surface area (TPSA) is 237 Å². The number of hydrogen-bond donors (Lipinski definition) is 3. The minimum Gasteiger partial charge on any atom is -0.462 e. The van der Waals surface area contributed by atoms with E-state index in [0.717, 1.165) is 122 Å². The fraction of sp³-hybridized carbons (Fsp3) is 0.701. The van der Waals surface area contributed by atoms with E-state index in [2.05, 4.69) is 125 Å². The van der Waals surface area contributed by atoms with Crippen molar-refractivity contribution in [1.29, 1.82) is 0 Å². The zero-order chi connectivity index (χ0) is 77.4. The fourth-order valence-electron chi connectivity index (χ4n) is 10.8. The largest absolute Gasteiger partial charge is 0.472 e. The molecule has 0 aliphatic rings. The van der Waals surface area contributed by atoms with Gasteiger partial charge in [0.1, 0.15) is 19.3 Å². The molecule has 0 rings (SSSR count). The highest BCUT2D eigenvalue weighted by atomic mass is 31.2. The number of aliphatic hydroxyl groups is 1. The van der Waals surface area contributed by atoms with Crippen LogP contribution in [0.4, 0.5) is 0 Å².